The molecule has 0 aliphatic carbocycles. The Labute approximate surface area is 342 Å². The molecule has 3 unspecified atom stereocenters. The summed E-state index contributed by atoms with van der Waals surface area (Å²) in [4.78, 5) is 79.0. The predicted molar refractivity (Wildman–Crippen MR) is 212 cm³/mol. The van der Waals surface area contributed by atoms with Crippen LogP contribution < -0.4 is 23.7 Å². The van der Waals surface area contributed by atoms with Crippen molar-refractivity contribution < 1.29 is 61.9 Å². The van der Waals surface area contributed by atoms with Gasteiger partial charge in [-0.05, 0) is 60.7 Å². The maximum atomic E-state index is 13.5. The van der Waals surface area contributed by atoms with Crippen LogP contribution in [-0.4, -0.2) is 41.9 Å². The van der Waals surface area contributed by atoms with Crippen molar-refractivity contribution in [2.75, 3.05) is 0 Å². The van der Waals surface area contributed by atoms with E-state index in [1.807, 2.05) is 0 Å². The molecule has 0 saturated carbocycles. The largest absolute Gasteiger partial charge is 0.481 e. The number of carbonyl (C=O) groups is 6. The highest BCUT2D eigenvalue weighted by Gasteiger charge is 2.47. The van der Waals surface area contributed by atoms with Gasteiger partial charge in [-0.15, -0.1) is 0 Å². The molecule has 0 bridgehead atoms. The number of hydrogen-bond acceptors (Lipinski definition) is 13. The zero-order chi connectivity index (χ0) is 42.2. The standard InChI is InChI=1S/C47H34O13/c1-28(48)54-42-40-38(26-35(56-44(50)30-15-7-3-8-16-30)27-39(40)60-47(53)33-21-13-6-14-22-33)57-41(43(42)55-29(2)49)34-23-24-36(58-45(51)31-17-9-4-10-18-31)37(25-34)59-46(52)32-19-11-5-12-20-32/h3-27,41-43H,1-2H3. The lowest BCUT2D eigenvalue weighted by molar-refractivity contribution is -0.178. The molecule has 60 heavy (non-hydrogen) atoms. The molecule has 0 N–H and O–H groups in total. The zero-order valence-corrected chi connectivity index (χ0v) is 32.0. The molecule has 0 saturated heterocycles. The Morgan fingerprint density at radius 1 is 0.450 bits per heavy atom. The third-order valence-electron chi connectivity index (χ3n) is 8.96. The third kappa shape index (κ3) is 9.38. The van der Waals surface area contributed by atoms with Gasteiger partial charge in [-0.25, -0.2) is 19.2 Å². The number of rotatable bonds is 11. The fourth-order valence-electron chi connectivity index (χ4n) is 6.31. The molecule has 13 heteroatoms. The van der Waals surface area contributed by atoms with Gasteiger partial charge in [0.15, 0.2) is 29.8 Å². The highest BCUT2D eigenvalue weighted by molar-refractivity contribution is 5.94. The van der Waals surface area contributed by atoms with Crippen molar-refractivity contribution in [2.45, 2.75) is 32.2 Å². The second-order valence-electron chi connectivity index (χ2n) is 13.2. The van der Waals surface area contributed by atoms with Crippen molar-refractivity contribution in [1.29, 1.82) is 0 Å². The second-order valence-corrected chi connectivity index (χ2v) is 13.2. The first-order valence-corrected chi connectivity index (χ1v) is 18.5. The fourth-order valence-corrected chi connectivity index (χ4v) is 6.31. The Hall–Kier alpha value is -8.06. The molecular formula is C47H34O13. The summed E-state index contributed by atoms with van der Waals surface area (Å²) < 4.78 is 41.3. The van der Waals surface area contributed by atoms with Gasteiger partial charge in [-0.1, -0.05) is 78.9 Å². The summed E-state index contributed by atoms with van der Waals surface area (Å²) in [5.41, 5.74) is 0.957. The summed E-state index contributed by atoms with van der Waals surface area (Å²) in [6.45, 7) is 2.27. The van der Waals surface area contributed by atoms with Crippen LogP contribution >= 0.6 is 0 Å². The van der Waals surface area contributed by atoms with E-state index in [1.165, 1.54) is 54.6 Å². The van der Waals surface area contributed by atoms with Crippen molar-refractivity contribution in [2.24, 2.45) is 0 Å². The molecule has 0 radical (unpaired) electrons. The van der Waals surface area contributed by atoms with Crippen LogP contribution in [0.2, 0.25) is 0 Å². The normalized spacial score (nSPS) is 15.2. The van der Waals surface area contributed by atoms with Crippen LogP contribution in [0.5, 0.6) is 28.7 Å². The molecule has 6 aromatic rings. The molecule has 0 fully saturated rings. The molecule has 300 valence electrons. The summed E-state index contributed by atoms with van der Waals surface area (Å²) in [6, 6.07) is 39.2. The molecule has 1 aliphatic heterocycles. The second kappa shape index (κ2) is 18.0. The monoisotopic (exact) mass is 806 g/mol. The fraction of sp³-hybridized carbons (Fsp3) is 0.106. The molecule has 0 aromatic heterocycles. The van der Waals surface area contributed by atoms with Gasteiger partial charge in [0, 0.05) is 31.5 Å². The first kappa shape index (κ1) is 40.1. The van der Waals surface area contributed by atoms with Gasteiger partial charge >= 0.3 is 35.8 Å². The first-order valence-electron chi connectivity index (χ1n) is 18.5. The molecule has 6 aromatic carbocycles. The third-order valence-corrected chi connectivity index (χ3v) is 8.96. The smallest absolute Gasteiger partial charge is 0.343 e. The lowest BCUT2D eigenvalue weighted by Crippen LogP contribution is -2.40. The lowest BCUT2D eigenvalue weighted by atomic mass is 9.90. The quantitative estimate of drug-likeness (QED) is 0.0908. The van der Waals surface area contributed by atoms with Gasteiger partial charge in [0.1, 0.15) is 17.2 Å². The average Bonchev–Trinajstić information content (AvgIpc) is 3.25. The number of ether oxygens (including phenoxy) is 7. The van der Waals surface area contributed by atoms with Gasteiger partial charge in [-0.2, -0.15) is 0 Å². The van der Waals surface area contributed by atoms with Gasteiger partial charge in [0.05, 0.1) is 27.8 Å². The number of benzene rings is 6. The highest BCUT2D eigenvalue weighted by atomic mass is 16.6. The van der Waals surface area contributed by atoms with E-state index in [0.29, 0.717) is 0 Å². The SMILES string of the molecule is CC(=O)OC1c2c(OC(=O)c3ccccc3)cc(OC(=O)c3ccccc3)cc2OC(c2ccc(OC(=O)c3ccccc3)c(OC(=O)c3ccccc3)c2)C1OC(C)=O. The minimum absolute atomic E-state index is 0.0272. The van der Waals surface area contributed by atoms with Crippen molar-refractivity contribution in [3.8, 4) is 28.7 Å². The van der Waals surface area contributed by atoms with E-state index in [1.54, 1.807) is 97.1 Å². The minimum Gasteiger partial charge on any atom is -0.481 e. The summed E-state index contributed by atoms with van der Waals surface area (Å²) in [6.07, 6.45) is -4.32. The van der Waals surface area contributed by atoms with Crippen LogP contribution in [0.4, 0.5) is 0 Å². The van der Waals surface area contributed by atoms with Gasteiger partial charge in [0.25, 0.3) is 0 Å². The zero-order valence-electron chi connectivity index (χ0n) is 32.0. The Bertz CT molecular complexity index is 2560. The van der Waals surface area contributed by atoms with E-state index < -0.39 is 54.1 Å². The van der Waals surface area contributed by atoms with Crippen LogP contribution in [0.15, 0.2) is 152 Å². The van der Waals surface area contributed by atoms with Crippen LogP contribution in [0.3, 0.4) is 0 Å². The van der Waals surface area contributed by atoms with E-state index in [9.17, 15) is 28.8 Å². The van der Waals surface area contributed by atoms with Gasteiger partial charge in [0.2, 0.25) is 0 Å². The summed E-state index contributed by atoms with van der Waals surface area (Å²) in [7, 11) is 0. The molecule has 0 spiro atoms. The van der Waals surface area contributed by atoms with Crippen molar-refractivity contribution in [1.82, 2.24) is 0 Å². The summed E-state index contributed by atoms with van der Waals surface area (Å²) in [5, 5.41) is 0. The van der Waals surface area contributed by atoms with E-state index >= 15 is 0 Å². The molecule has 7 rings (SSSR count). The van der Waals surface area contributed by atoms with E-state index in [4.69, 9.17) is 33.2 Å². The lowest BCUT2D eigenvalue weighted by Gasteiger charge is -2.39. The highest BCUT2D eigenvalue weighted by Crippen LogP contribution is 2.51. The van der Waals surface area contributed by atoms with Crippen LogP contribution in [0.25, 0.3) is 0 Å². The van der Waals surface area contributed by atoms with Crippen molar-refractivity contribution >= 4 is 35.8 Å². The van der Waals surface area contributed by atoms with Crippen LogP contribution in [0, 0.1) is 0 Å². The number of fused-ring (bicyclic) bond motifs is 1. The van der Waals surface area contributed by atoms with Crippen LogP contribution in [-0.2, 0) is 19.1 Å². The molecule has 1 aliphatic rings. The molecule has 0 amide bonds. The Balaban J connectivity index is 1.35. The average molecular weight is 807 g/mol. The van der Waals surface area contributed by atoms with E-state index in [-0.39, 0.29) is 62.1 Å². The topological polar surface area (TPSA) is 167 Å². The molecular weight excluding hydrogens is 773 g/mol. The molecule has 13 nitrogen and oxygen atoms in total. The number of hydrogen-bond donors (Lipinski definition) is 0. The van der Waals surface area contributed by atoms with E-state index in [0.717, 1.165) is 13.8 Å². The van der Waals surface area contributed by atoms with Gasteiger partial charge < -0.3 is 33.2 Å². The van der Waals surface area contributed by atoms with E-state index in [2.05, 4.69) is 0 Å². The van der Waals surface area contributed by atoms with Crippen LogP contribution in [0.1, 0.15) is 78.6 Å². The Kier molecular flexibility index (Phi) is 12.1. The predicted octanol–water partition coefficient (Wildman–Crippen LogP) is 8.23. The minimum atomic E-state index is -1.50. The Morgan fingerprint density at radius 2 is 0.883 bits per heavy atom. The van der Waals surface area contributed by atoms with Crippen molar-refractivity contribution in [3.63, 3.8) is 0 Å². The molecule has 3 atom stereocenters. The first-order chi connectivity index (χ1) is 29.0. The molecule has 1 heterocycles. The number of esters is 6. The summed E-state index contributed by atoms with van der Waals surface area (Å²) >= 11 is 0. The summed E-state index contributed by atoms with van der Waals surface area (Å²) in [5.74, 6) is -5.50. The maximum Gasteiger partial charge on any atom is 0.343 e. The Morgan fingerprint density at radius 3 is 1.35 bits per heavy atom. The van der Waals surface area contributed by atoms with Crippen molar-refractivity contribution in [3.05, 3.63) is 185 Å². The maximum absolute atomic E-state index is 13.5. The number of carbonyl (C=O) groups excluding carboxylic acids is 6. The van der Waals surface area contributed by atoms with Gasteiger partial charge in [-0.3, -0.25) is 9.59 Å².